The number of thiazole rings is 1. The first-order valence-electron chi connectivity index (χ1n) is 5.21. The number of imidazole rings is 1. The zero-order chi connectivity index (χ0) is 12.7. The number of halogens is 2. The van der Waals surface area contributed by atoms with Crippen LogP contribution >= 0.6 is 34.5 Å². The Kier molecular flexibility index (Phi) is 3.03. The zero-order valence-corrected chi connectivity index (χ0v) is 11.4. The van der Waals surface area contributed by atoms with Gasteiger partial charge in [-0.25, -0.2) is 4.98 Å². The maximum atomic E-state index is 9.31. The highest BCUT2D eigenvalue weighted by Crippen LogP contribution is 2.31. The number of aliphatic hydroxyl groups is 1. The molecule has 0 aliphatic carbocycles. The Bertz CT molecular complexity index is 720. The number of nitrogens with zero attached hydrogens (tertiary/aromatic N) is 2. The molecule has 0 atom stereocenters. The van der Waals surface area contributed by atoms with Crippen LogP contribution in [0.1, 0.15) is 5.69 Å². The monoisotopic (exact) mass is 298 g/mol. The molecule has 0 spiro atoms. The van der Waals surface area contributed by atoms with E-state index < -0.39 is 0 Å². The SMILES string of the molecule is OCc1cnc2scc(-c3ccc(Cl)c(Cl)c3)n12. The van der Waals surface area contributed by atoms with Crippen molar-refractivity contribution in [2.24, 2.45) is 0 Å². The molecule has 3 nitrogen and oxygen atoms in total. The van der Waals surface area contributed by atoms with E-state index in [4.69, 9.17) is 23.2 Å². The lowest BCUT2D eigenvalue weighted by atomic mass is 10.2. The molecule has 0 bridgehead atoms. The fraction of sp³-hybridized carbons (Fsp3) is 0.0833. The van der Waals surface area contributed by atoms with Crippen molar-refractivity contribution in [1.29, 1.82) is 0 Å². The van der Waals surface area contributed by atoms with Crippen LogP contribution in [0.3, 0.4) is 0 Å². The van der Waals surface area contributed by atoms with Gasteiger partial charge in [0, 0.05) is 10.9 Å². The molecule has 0 saturated carbocycles. The fourth-order valence-corrected chi connectivity index (χ4v) is 3.03. The summed E-state index contributed by atoms with van der Waals surface area (Å²) < 4.78 is 1.92. The summed E-state index contributed by atoms with van der Waals surface area (Å²) in [4.78, 5) is 5.09. The minimum absolute atomic E-state index is 0.0494. The van der Waals surface area contributed by atoms with Crippen LogP contribution in [-0.2, 0) is 6.61 Å². The van der Waals surface area contributed by atoms with Crippen molar-refractivity contribution in [1.82, 2.24) is 9.38 Å². The van der Waals surface area contributed by atoms with E-state index >= 15 is 0 Å². The molecule has 18 heavy (non-hydrogen) atoms. The number of hydrogen-bond donors (Lipinski definition) is 1. The molecular formula is C12H8Cl2N2OS. The molecule has 2 heterocycles. The molecule has 0 saturated heterocycles. The van der Waals surface area contributed by atoms with Gasteiger partial charge in [-0.15, -0.1) is 11.3 Å². The summed E-state index contributed by atoms with van der Waals surface area (Å²) in [7, 11) is 0. The van der Waals surface area contributed by atoms with Crippen molar-refractivity contribution in [2.45, 2.75) is 6.61 Å². The quantitative estimate of drug-likeness (QED) is 0.780. The van der Waals surface area contributed by atoms with E-state index in [1.807, 2.05) is 21.9 Å². The third-order valence-corrected chi connectivity index (χ3v) is 4.28. The molecule has 0 aliphatic heterocycles. The lowest BCUT2D eigenvalue weighted by Crippen LogP contribution is -1.92. The van der Waals surface area contributed by atoms with Gasteiger partial charge in [0.15, 0.2) is 4.96 Å². The van der Waals surface area contributed by atoms with E-state index in [0.717, 1.165) is 21.9 Å². The Labute approximate surface area is 117 Å². The molecular weight excluding hydrogens is 291 g/mol. The largest absolute Gasteiger partial charge is 0.390 e. The van der Waals surface area contributed by atoms with Gasteiger partial charge < -0.3 is 5.11 Å². The molecule has 92 valence electrons. The maximum absolute atomic E-state index is 9.31. The molecule has 3 rings (SSSR count). The molecule has 3 aromatic rings. The summed E-state index contributed by atoms with van der Waals surface area (Å²) in [6.07, 6.45) is 1.67. The van der Waals surface area contributed by atoms with Gasteiger partial charge in [-0.2, -0.15) is 0 Å². The van der Waals surface area contributed by atoms with Crippen molar-refractivity contribution in [3.05, 3.63) is 45.5 Å². The van der Waals surface area contributed by atoms with Crippen LogP contribution in [0, 0.1) is 0 Å². The second-order valence-corrected chi connectivity index (χ2v) is 5.43. The van der Waals surface area contributed by atoms with Crippen LogP contribution in [0.25, 0.3) is 16.2 Å². The molecule has 1 N–H and O–H groups in total. The van der Waals surface area contributed by atoms with Gasteiger partial charge in [-0.05, 0) is 12.1 Å². The van der Waals surface area contributed by atoms with Crippen LogP contribution in [0.5, 0.6) is 0 Å². The van der Waals surface area contributed by atoms with Crippen LogP contribution in [-0.4, -0.2) is 14.5 Å². The van der Waals surface area contributed by atoms with Crippen molar-refractivity contribution in [3.8, 4) is 11.3 Å². The van der Waals surface area contributed by atoms with Crippen LogP contribution in [0.15, 0.2) is 29.8 Å². The molecule has 0 fully saturated rings. The number of aromatic nitrogens is 2. The number of rotatable bonds is 2. The standard InChI is InChI=1S/C12H8Cl2N2OS/c13-9-2-1-7(3-10(9)14)11-6-18-12-15-4-8(5-17)16(11)12/h1-4,6,17H,5H2. The van der Waals surface area contributed by atoms with Gasteiger partial charge in [-0.3, -0.25) is 4.40 Å². The molecule has 1 aromatic carbocycles. The highest BCUT2D eigenvalue weighted by atomic mass is 35.5. The number of fused-ring (bicyclic) bond motifs is 1. The van der Waals surface area contributed by atoms with Crippen molar-refractivity contribution >= 4 is 39.5 Å². The topological polar surface area (TPSA) is 37.5 Å². The molecule has 0 amide bonds. The average Bonchev–Trinajstić information content (AvgIpc) is 2.93. The summed E-state index contributed by atoms with van der Waals surface area (Å²) in [5, 5.41) is 12.3. The van der Waals surface area contributed by atoms with Gasteiger partial charge in [0.1, 0.15) is 0 Å². The number of hydrogen-bond acceptors (Lipinski definition) is 3. The first kappa shape index (κ1) is 12.0. The smallest absolute Gasteiger partial charge is 0.194 e. The van der Waals surface area contributed by atoms with Gasteiger partial charge in [0.05, 0.1) is 34.2 Å². The fourth-order valence-electron chi connectivity index (χ4n) is 1.83. The summed E-state index contributed by atoms with van der Waals surface area (Å²) in [5.74, 6) is 0. The van der Waals surface area contributed by atoms with E-state index in [9.17, 15) is 5.11 Å². The van der Waals surface area contributed by atoms with Crippen LogP contribution < -0.4 is 0 Å². The molecule has 0 radical (unpaired) electrons. The highest BCUT2D eigenvalue weighted by Gasteiger charge is 2.12. The molecule has 0 unspecified atom stereocenters. The van der Waals surface area contributed by atoms with E-state index in [0.29, 0.717) is 10.0 Å². The van der Waals surface area contributed by atoms with E-state index in [2.05, 4.69) is 4.98 Å². The van der Waals surface area contributed by atoms with Crippen molar-refractivity contribution in [3.63, 3.8) is 0 Å². The van der Waals surface area contributed by atoms with Crippen molar-refractivity contribution < 1.29 is 5.11 Å². The third kappa shape index (κ3) is 1.82. The Morgan fingerprint density at radius 1 is 1.28 bits per heavy atom. The van der Waals surface area contributed by atoms with Gasteiger partial charge in [-0.1, -0.05) is 29.3 Å². The Balaban J connectivity index is 2.24. The number of benzene rings is 1. The molecule has 2 aromatic heterocycles. The van der Waals surface area contributed by atoms with E-state index in [1.165, 1.54) is 11.3 Å². The lowest BCUT2D eigenvalue weighted by molar-refractivity contribution is 0.276. The molecule has 0 aliphatic rings. The predicted octanol–water partition coefficient (Wildman–Crippen LogP) is 3.86. The summed E-state index contributed by atoms with van der Waals surface area (Å²) in [6.45, 7) is -0.0494. The predicted molar refractivity (Wildman–Crippen MR) is 74.4 cm³/mol. The molecule has 6 heteroatoms. The first-order chi connectivity index (χ1) is 8.70. The Morgan fingerprint density at radius 3 is 2.83 bits per heavy atom. The second-order valence-electron chi connectivity index (χ2n) is 3.78. The van der Waals surface area contributed by atoms with E-state index in [-0.39, 0.29) is 6.61 Å². The van der Waals surface area contributed by atoms with Crippen LogP contribution in [0.4, 0.5) is 0 Å². The lowest BCUT2D eigenvalue weighted by Gasteiger charge is -2.04. The third-order valence-electron chi connectivity index (χ3n) is 2.70. The summed E-state index contributed by atoms with van der Waals surface area (Å²) in [6, 6.07) is 5.47. The zero-order valence-electron chi connectivity index (χ0n) is 9.10. The minimum atomic E-state index is -0.0494. The van der Waals surface area contributed by atoms with Crippen molar-refractivity contribution in [2.75, 3.05) is 0 Å². The summed E-state index contributed by atoms with van der Waals surface area (Å²) >= 11 is 13.5. The average molecular weight is 299 g/mol. The second kappa shape index (κ2) is 4.55. The Morgan fingerprint density at radius 2 is 2.11 bits per heavy atom. The van der Waals surface area contributed by atoms with Gasteiger partial charge in [0.25, 0.3) is 0 Å². The Hall–Kier alpha value is -1.07. The van der Waals surface area contributed by atoms with Crippen LogP contribution in [0.2, 0.25) is 10.0 Å². The first-order valence-corrected chi connectivity index (χ1v) is 6.84. The van der Waals surface area contributed by atoms with Gasteiger partial charge >= 0.3 is 0 Å². The maximum Gasteiger partial charge on any atom is 0.194 e. The van der Waals surface area contributed by atoms with Gasteiger partial charge in [0.2, 0.25) is 0 Å². The number of aliphatic hydroxyl groups excluding tert-OH is 1. The summed E-state index contributed by atoms with van der Waals surface area (Å²) in [5.41, 5.74) is 2.66. The van der Waals surface area contributed by atoms with E-state index in [1.54, 1.807) is 12.3 Å². The minimum Gasteiger partial charge on any atom is -0.390 e. The normalized spacial score (nSPS) is 11.3. The highest BCUT2D eigenvalue weighted by molar-refractivity contribution is 7.15.